The Morgan fingerprint density at radius 3 is 1.39 bits per heavy atom. The number of thioether (sulfide) groups is 2. The van der Waals surface area contributed by atoms with Crippen molar-refractivity contribution in [3.63, 3.8) is 0 Å². The van der Waals surface area contributed by atoms with E-state index in [1.165, 1.54) is 23.5 Å². The monoisotopic (exact) mass is 662 g/mol. The van der Waals surface area contributed by atoms with Gasteiger partial charge in [-0.3, -0.25) is 19.2 Å². The van der Waals surface area contributed by atoms with Gasteiger partial charge in [0, 0.05) is 32.0 Å². The van der Waals surface area contributed by atoms with E-state index in [0.717, 1.165) is 62.1 Å². The molecule has 0 aromatic heterocycles. The molecule has 2 atom stereocenters. The van der Waals surface area contributed by atoms with E-state index in [0.29, 0.717) is 57.1 Å². The molecule has 4 rings (SSSR count). The van der Waals surface area contributed by atoms with Crippen molar-refractivity contribution in [1.82, 2.24) is 0 Å². The van der Waals surface area contributed by atoms with Crippen LogP contribution in [0.5, 0.6) is 0 Å². The molecule has 1 aliphatic carbocycles. The summed E-state index contributed by atoms with van der Waals surface area (Å²) < 4.78 is 11.2. The third-order valence-corrected chi connectivity index (χ3v) is 10.9. The zero-order valence-electron chi connectivity index (χ0n) is 27.5. The molecule has 3 aromatic rings. The summed E-state index contributed by atoms with van der Waals surface area (Å²) in [5.74, 6) is -0.326. The second-order valence-electron chi connectivity index (χ2n) is 12.0. The maximum Gasteiger partial charge on any atom is 0.316 e. The van der Waals surface area contributed by atoms with E-state index in [2.05, 4.69) is 27.7 Å². The van der Waals surface area contributed by atoms with E-state index < -0.39 is 0 Å². The summed E-state index contributed by atoms with van der Waals surface area (Å²) in [7, 11) is 0. The third kappa shape index (κ3) is 9.25. The average molecular weight is 663 g/mol. The summed E-state index contributed by atoms with van der Waals surface area (Å²) in [6.45, 7) is 9.30. The molecule has 2 unspecified atom stereocenters. The molecule has 246 valence electrons. The molecule has 0 spiro atoms. The van der Waals surface area contributed by atoms with Crippen molar-refractivity contribution >= 4 is 57.8 Å². The molecular formula is C38H46O6S2. The summed E-state index contributed by atoms with van der Waals surface area (Å²) >= 11 is 2.53. The predicted molar refractivity (Wildman–Crippen MR) is 187 cm³/mol. The van der Waals surface area contributed by atoms with Crippen LogP contribution in [-0.2, 0) is 19.1 Å². The second kappa shape index (κ2) is 17.7. The van der Waals surface area contributed by atoms with Gasteiger partial charge in [-0.05, 0) is 59.7 Å². The van der Waals surface area contributed by atoms with Crippen LogP contribution in [0.2, 0.25) is 0 Å². The lowest BCUT2D eigenvalue weighted by Crippen LogP contribution is -2.21. The van der Waals surface area contributed by atoms with Crippen molar-refractivity contribution < 1.29 is 28.7 Å². The summed E-state index contributed by atoms with van der Waals surface area (Å²) in [4.78, 5) is 54.5. The Bertz CT molecular complexity index is 1430. The molecule has 3 aromatic carbocycles. The normalized spacial score (nSPS) is 13.7. The number of esters is 2. The van der Waals surface area contributed by atoms with Gasteiger partial charge in [-0.15, -0.1) is 23.5 Å². The van der Waals surface area contributed by atoms with Gasteiger partial charge in [-0.25, -0.2) is 0 Å². The molecule has 0 amide bonds. The first-order valence-electron chi connectivity index (χ1n) is 16.7. The van der Waals surface area contributed by atoms with Crippen molar-refractivity contribution in [2.45, 2.75) is 88.9 Å². The van der Waals surface area contributed by atoms with Gasteiger partial charge < -0.3 is 9.47 Å². The lowest BCUT2D eigenvalue weighted by Gasteiger charge is -2.21. The summed E-state index contributed by atoms with van der Waals surface area (Å²) in [6.07, 6.45) is 8.37. The van der Waals surface area contributed by atoms with Crippen LogP contribution in [0.3, 0.4) is 0 Å². The van der Waals surface area contributed by atoms with Crippen molar-refractivity contribution in [2.24, 2.45) is 11.8 Å². The van der Waals surface area contributed by atoms with Crippen molar-refractivity contribution in [2.75, 3.05) is 24.7 Å². The van der Waals surface area contributed by atoms with Crippen LogP contribution < -0.4 is 0 Å². The molecule has 0 saturated heterocycles. The lowest BCUT2D eigenvalue weighted by molar-refractivity contribution is -0.142. The quantitative estimate of drug-likeness (QED) is 0.0770. The first-order valence-corrected chi connectivity index (χ1v) is 18.6. The van der Waals surface area contributed by atoms with Crippen LogP contribution in [0.15, 0.2) is 58.3 Å². The molecule has 46 heavy (non-hydrogen) atoms. The Labute approximate surface area is 281 Å². The fraction of sp³-hybridized carbons (Fsp3) is 0.474. The maximum atomic E-state index is 13.8. The van der Waals surface area contributed by atoms with E-state index in [1.807, 2.05) is 24.3 Å². The van der Waals surface area contributed by atoms with Crippen LogP contribution in [0.1, 0.15) is 111 Å². The average Bonchev–Trinajstić information content (AvgIpc) is 3.08. The van der Waals surface area contributed by atoms with Crippen LogP contribution in [0.25, 0.3) is 10.8 Å². The van der Waals surface area contributed by atoms with Crippen LogP contribution in [-0.4, -0.2) is 48.2 Å². The first-order chi connectivity index (χ1) is 22.3. The zero-order chi connectivity index (χ0) is 33.1. The van der Waals surface area contributed by atoms with E-state index in [9.17, 15) is 19.2 Å². The van der Waals surface area contributed by atoms with Gasteiger partial charge in [0.05, 0.1) is 24.7 Å². The molecule has 0 N–H and O–H groups in total. The number of fused-ring (bicyclic) bond motifs is 3. The number of benzene rings is 3. The number of ether oxygens (including phenoxy) is 2. The van der Waals surface area contributed by atoms with Gasteiger partial charge in [0.15, 0.2) is 11.6 Å². The number of hydrogen-bond acceptors (Lipinski definition) is 8. The molecule has 6 nitrogen and oxygen atoms in total. The minimum atomic E-state index is -0.329. The van der Waals surface area contributed by atoms with Gasteiger partial charge in [-0.2, -0.15) is 0 Å². The SMILES string of the molecule is CCCCC(CC)COC(=O)CSc1cc2c(cc1SCC(=O)OCC(CC)CCCC)C(=O)c1cc3ccccc3cc1C2=O. The number of rotatable bonds is 18. The van der Waals surface area contributed by atoms with Gasteiger partial charge in [0.1, 0.15) is 0 Å². The molecule has 0 fully saturated rings. The fourth-order valence-electron chi connectivity index (χ4n) is 5.64. The van der Waals surface area contributed by atoms with E-state index in [-0.39, 0.29) is 35.0 Å². The Balaban J connectivity index is 1.55. The van der Waals surface area contributed by atoms with Gasteiger partial charge in [-0.1, -0.05) is 90.5 Å². The van der Waals surface area contributed by atoms with E-state index >= 15 is 0 Å². The summed E-state index contributed by atoms with van der Waals surface area (Å²) in [5.41, 5.74) is 1.37. The topological polar surface area (TPSA) is 86.7 Å². The smallest absolute Gasteiger partial charge is 0.316 e. The van der Waals surface area contributed by atoms with Crippen molar-refractivity contribution in [3.8, 4) is 0 Å². The highest BCUT2D eigenvalue weighted by Gasteiger charge is 2.32. The minimum absolute atomic E-state index is 0.0555. The van der Waals surface area contributed by atoms with Crippen LogP contribution in [0, 0.1) is 11.8 Å². The van der Waals surface area contributed by atoms with Gasteiger partial charge in [0.2, 0.25) is 0 Å². The third-order valence-electron chi connectivity index (χ3n) is 8.69. The molecule has 0 radical (unpaired) electrons. The van der Waals surface area contributed by atoms with Crippen LogP contribution in [0.4, 0.5) is 0 Å². The van der Waals surface area contributed by atoms with Gasteiger partial charge in [0.25, 0.3) is 0 Å². The molecule has 8 heteroatoms. The molecule has 1 aliphatic rings. The lowest BCUT2D eigenvalue weighted by atomic mass is 9.83. The molecule has 0 aliphatic heterocycles. The zero-order valence-corrected chi connectivity index (χ0v) is 29.2. The van der Waals surface area contributed by atoms with Crippen molar-refractivity contribution in [3.05, 3.63) is 70.8 Å². The highest BCUT2D eigenvalue weighted by Crippen LogP contribution is 2.38. The Morgan fingerprint density at radius 2 is 1.02 bits per heavy atom. The van der Waals surface area contributed by atoms with E-state index in [1.54, 1.807) is 24.3 Å². The Hall–Kier alpha value is -3.10. The predicted octanol–water partition coefficient (Wildman–Crippen LogP) is 9.32. The second-order valence-corrected chi connectivity index (χ2v) is 14.1. The van der Waals surface area contributed by atoms with E-state index in [4.69, 9.17) is 9.47 Å². The fourth-order valence-corrected chi connectivity index (χ4v) is 7.51. The molecule has 0 bridgehead atoms. The minimum Gasteiger partial charge on any atom is -0.465 e. The standard InChI is InChI=1S/C38H46O6S2/c1-5-9-13-25(7-3)21-43-35(39)23-45-33-19-31-32(20-34(33)46-24-36(40)44-22-26(8-4)14-10-6-2)38(42)30-18-28-16-12-11-15-27(28)17-29(30)37(31)41/h11-12,15-20,25-26H,5-10,13-14,21-24H2,1-4H3. The summed E-state index contributed by atoms with van der Waals surface area (Å²) in [5, 5.41) is 1.77. The maximum absolute atomic E-state index is 13.8. The summed E-state index contributed by atoms with van der Waals surface area (Å²) in [6, 6.07) is 14.6. The molecule has 0 saturated carbocycles. The number of hydrogen-bond donors (Lipinski definition) is 0. The van der Waals surface area contributed by atoms with Gasteiger partial charge >= 0.3 is 11.9 Å². The van der Waals surface area contributed by atoms with Crippen LogP contribution >= 0.6 is 23.5 Å². The molecule has 0 heterocycles. The highest BCUT2D eigenvalue weighted by atomic mass is 32.2. The number of unbranched alkanes of at least 4 members (excludes halogenated alkanes) is 2. The number of ketones is 2. The Morgan fingerprint density at radius 1 is 0.630 bits per heavy atom. The first kappa shape index (κ1) is 35.7. The highest BCUT2D eigenvalue weighted by molar-refractivity contribution is 8.03. The Kier molecular flexibility index (Phi) is 13.8. The largest absolute Gasteiger partial charge is 0.465 e. The van der Waals surface area contributed by atoms with Crippen molar-refractivity contribution in [1.29, 1.82) is 0 Å². The molecular weight excluding hydrogens is 617 g/mol. The number of carbonyl (C=O) groups excluding carboxylic acids is 4. The number of carbonyl (C=O) groups is 4.